The maximum atomic E-state index is 11.1. The number of hydrogen-bond acceptors (Lipinski definition) is 3. The molecule has 1 atom stereocenters. The summed E-state index contributed by atoms with van der Waals surface area (Å²) >= 11 is 0. The molecule has 0 aliphatic rings. The highest BCUT2D eigenvalue weighted by Crippen LogP contribution is 2.05. The number of aliphatic hydroxyl groups is 1. The molecule has 16 heavy (non-hydrogen) atoms. The predicted octanol–water partition coefficient (Wildman–Crippen LogP) is 1.84. The number of Topliss-reactive ketones (excluding diaryl/α,β-unsaturated/α-hetero) is 1. The molecule has 0 aromatic heterocycles. The number of aliphatic hydroxyl groups excluding tert-OH is 1. The quantitative estimate of drug-likeness (QED) is 0.768. The van der Waals surface area contributed by atoms with E-state index in [1.54, 1.807) is 13.8 Å². The van der Waals surface area contributed by atoms with Crippen molar-refractivity contribution in [3.63, 3.8) is 0 Å². The van der Waals surface area contributed by atoms with Crippen LogP contribution in [0.5, 0.6) is 0 Å². The van der Waals surface area contributed by atoms with Gasteiger partial charge in [0.1, 0.15) is 5.78 Å². The topological polar surface area (TPSA) is 49.7 Å². The highest BCUT2D eigenvalue weighted by Gasteiger charge is 2.06. The van der Waals surface area contributed by atoms with Crippen molar-refractivity contribution < 1.29 is 9.90 Å². The Hall–Kier alpha value is -1.48. The summed E-state index contributed by atoms with van der Waals surface area (Å²) in [5.74, 6) is 0.0770. The van der Waals surface area contributed by atoms with Gasteiger partial charge in [-0.05, 0) is 19.4 Å². The van der Waals surface area contributed by atoms with E-state index in [0.717, 1.165) is 11.3 Å². The van der Waals surface area contributed by atoms with Gasteiger partial charge in [0.05, 0.1) is 12.6 Å². The van der Waals surface area contributed by atoms with Crippen LogP contribution in [0.1, 0.15) is 25.8 Å². The second-order valence-corrected chi connectivity index (χ2v) is 3.88. The van der Waals surface area contributed by atoms with Crippen LogP contribution < -0.4 is 0 Å². The maximum absolute atomic E-state index is 11.1. The summed E-state index contributed by atoms with van der Waals surface area (Å²) in [5.41, 5.74) is 1.69. The van der Waals surface area contributed by atoms with Gasteiger partial charge in [0.25, 0.3) is 0 Å². The Bertz CT molecular complexity index is 369. The van der Waals surface area contributed by atoms with Crippen molar-refractivity contribution in [3.05, 3.63) is 35.9 Å². The SMILES string of the molecule is CC(=O)CC(=NCC(C)O)c1ccccc1. The van der Waals surface area contributed by atoms with E-state index in [0.29, 0.717) is 13.0 Å². The molecule has 1 aromatic rings. The molecule has 3 heteroatoms. The number of carbonyl (C=O) groups is 1. The number of hydrogen-bond donors (Lipinski definition) is 1. The number of rotatable bonds is 5. The average molecular weight is 219 g/mol. The number of aliphatic imine (C=N–C) groups is 1. The summed E-state index contributed by atoms with van der Waals surface area (Å²) in [6.07, 6.45) is -0.165. The third-order valence-electron chi connectivity index (χ3n) is 2.07. The summed E-state index contributed by atoms with van der Waals surface area (Å²) in [7, 11) is 0. The van der Waals surface area contributed by atoms with Crippen LogP contribution in [0.4, 0.5) is 0 Å². The fourth-order valence-corrected chi connectivity index (χ4v) is 1.36. The van der Waals surface area contributed by atoms with E-state index in [-0.39, 0.29) is 5.78 Å². The van der Waals surface area contributed by atoms with E-state index in [1.165, 1.54) is 0 Å². The van der Waals surface area contributed by atoms with E-state index in [4.69, 9.17) is 0 Å². The molecule has 1 unspecified atom stereocenters. The smallest absolute Gasteiger partial charge is 0.135 e. The van der Waals surface area contributed by atoms with Crippen molar-refractivity contribution in [2.45, 2.75) is 26.4 Å². The number of ketones is 1. The van der Waals surface area contributed by atoms with Gasteiger partial charge in [0.15, 0.2) is 0 Å². The van der Waals surface area contributed by atoms with Gasteiger partial charge in [0, 0.05) is 12.1 Å². The van der Waals surface area contributed by atoms with Crippen molar-refractivity contribution in [2.24, 2.45) is 4.99 Å². The molecule has 0 aliphatic carbocycles. The Kier molecular flexibility index (Phi) is 4.86. The standard InChI is InChI=1S/C13H17NO2/c1-10(15)8-13(14-9-11(2)16)12-6-4-3-5-7-12/h3-7,11,16H,8-9H2,1-2H3. The first kappa shape index (κ1) is 12.6. The van der Waals surface area contributed by atoms with Crippen LogP contribution in [0.3, 0.4) is 0 Å². The molecule has 0 aliphatic heterocycles. The van der Waals surface area contributed by atoms with Crippen LogP contribution in [-0.4, -0.2) is 29.3 Å². The number of benzene rings is 1. The summed E-state index contributed by atoms with van der Waals surface area (Å²) in [5, 5.41) is 9.19. The Morgan fingerprint density at radius 2 is 2.00 bits per heavy atom. The van der Waals surface area contributed by atoms with Gasteiger partial charge in [-0.15, -0.1) is 0 Å². The lowest BCUT2D eigenvalue weighted by Gasteiger charge is -2.06. The van der Waals surface area contributed by atoms with Gasteiger partial charge in [-0.25, -0.2) is 0 Å². The van der Waals surface area contributed by atoms with Gasteiger partial charge in [-0.3, -0.25) is 9.79 Å². The zero-order valence-corrected chi connectivity index (χ0v) is 9.68. The predicted molar refractivity (Wildman–Crippen MR) is 64.8 cm³/mol. The first-order valence-corrected chi connectivity index (χ1v) is 5.36. The lowest BCUT2D eigenvalue weighted by atomic mass is 10.1. The van der Waals surface area contributed by atoms with Crippen LogP contribution in [0.15, 0.2) is 35.3 Å². The van der Waals surface area contributed by atoms with Crippen LogP contribution in [0.25, 0.3) is 0 Å². The van der Waals surface area contributed by atoms with E-state index < -0.39 is 6.10 Å². The summed E-state index contributed by atoms with van der Waals surface area (Å²) < 4.78 is 0. The molecular formula is C13H17NO2. The van der Waals surface area contributed by atoms with Crippen LogP contribution in [0.2, 0.25) is 0 Å². The van der Waals surface area contributed by atoms with Gasteiger partial charge >= 0.3 is 0 Å². The Balaban J connectivity index is 2.87. The fourth-order valence-electron chi connectivity index (χ4n) is 1.36. The minimum Gasteiger partial charge on any atom is -0.391 e. The van der Waals surface area contributed by atoms with Crippen molar-refractivity contribution in [2.75, 3.05) is 6.54 Å². The van der Waals surface area contributed by atoms with Gasteiger partial charge < -0.3 is 5.11 Å². The third kappa shape index (κ3) is 4.36. The highest BCUT2D eigenvalue weighted by molar-refractivity contribution is 6.10. The molecule has 3 nitrogen and oxygen atoms in total. The van der Waals surface area contributed by atoms with Crippen LogP contribution in [0, 0.1) is 0 Å². The Labute approximate surface area is 95.8 Å². The van der Waals surface area contributed by atoms with E-state index in [9.17, 15) is 9.90 Å². The second kappa shape index (κ2) is 6.18. The normalized spacial score (nSPS) is 13.6. The zero-order chi connectivity index (χ0) is 12.0. The third-order valence-corrected chi connectivity index (χ3v) is 2.07. The average Bonchev–Trinajstić information content (AvgIpc) is 2.25. The molecule has 0 heterocycles. The first-order chi connectivity index (χ1) is 7.59. The summed E-state index contributed by atoms with van der Waals surface area (Å²) in [6, 6.07) is 9.58. The van der Waals surface area contributed by atoms with Crippen LogP contribution >= 0.6 is 0 Å². The molecule has 0 fully saturated rings. The van der Waals surface area contributed by atoms with Crippen molar-refractivity contribution in [1.29, 1.82) is 0 Å². The monoisotopic (exact) mass is 219 g/mol. The Morgan fingerprint density at radius 3 is 2.50 bits per heavy atom. The van der Waals surface area contributed by atoms with E-state index in [2.05, 4.69) is 4.99 Å². The molecule has 0 bridgehead atoms. The zero-order valence-electron chi connectivity index (χ0n) is 9.68. The molecule has 0 saturated heterocycles. The van der Waals surface area contributed by atoms with Gasteiger partial charge in [-0.1, -0.05) is 30.3 Å². The molecule has 0 radical (unpaired) electrons. The van der Waals surface area contributed by atoms with Crippen LogP contribution in [-0.2, 0) is 4.79 Å². The molecule has 1 aromatic carbocycles. The van der Waals surface area contributed by atoms with Crippen molar-refractivity contribution in [1.82, 2.24) is 0 Å². The first-order valence-electron chi connectivity index (χ1n) is 5.36. The second-order valence-electron chi connectivity index (χ2n) is 3.88. The molecule has 1 rings (SSSR count). The molecule has 86 valence electrons. The molecule has 1 N–H and O–H groups in total. The molecular weight excluding hydrogens is 202 g/mol. The van der Waals surface area contributed by atoms with E-state index in [1.807, 2.05) is 30.3 Å². The largest absolute Gasteiger partial charge is 0.391 e. The molecule has 0 amide bonds. The van der Waals surface area contributed by atoms with E-state index >= 15 is 0 Å². The van der Waals surface area contributed by atoms with Gasteiger partial charge in [-0.2, -0.15) is 0 Å². The Morgan fingerprint density at radius 1 is 1.38 bits per heavy atom. The molecule has 0 spiro atoms. The summed E-state index contributed by atoms with van der Waals surface area (Å²) in [4.78, 5) is 15.4. The summed E-state index contributed by atoms with van der Waals surface area (Å²) in [6.45, 7) is 3.55. The minimum atomic E-state index is -0.481. The molecule has 0 saturated carbocycles. The van der Waals surface area contributed by atoms with Gasteiger partial charge in [0.2, 0.25) is 0 Å². The number of nitrogens with zero attached hydrogens (tertiary/aromatic N) is 1. The number of carbonyl (C=O) groups excluding carboxylic acids is 1. The fraction of sp³-hybridized carbons (Fsp3) is 0.385. The van der Waals surface area contributed by atoms with Crippen molar-refractivity contribution >= 4 is 11.5 Å². The minimum absolute atomic E-state index is 0.0770. The van der Waals surface area contributed by atoms with Crippen molar-refractivity contribution in [3.8, 4) is 0 Å². The lowest BCUT2D eigenvalue weighted by Crippen LogP contribution is -2.11. The lowest BCUT2D eigenvalue weighted by molar-refractivity contribution is -0.115. The highest BCUT2D eigenvalue weighted by atomic mass is 16.3. The maximum Gasteiger partial charge on any atom is 0.135 e.